The Morgan fingerprint density at radius 3 is 2.47 bits per heavy atom. The van der Waals surface area contributed by atoms with Crippen LogP contribution in [0.1, 0.15) is 22.1 Å². The lowest BCUT2D eigenvalue weighted by molar-refractivity contribution is 1.14. The maximum atomic E-state index is 6.42. The molecule has 90 valence electrons. The minimum absolute atomic E-state index is 0.266. The van der Waals surface area contributed by atoms with Crippen LogP contribution in [0.15, 0.2) is 28.7 Å². The second-order valence-electron chi connectivity index (χ2n) is 3.65. The van der Waals surface area contributed by atoms with Gasteiger partial charge in [-0.2, -0.15) is 0 Å². The number of hydrogen-bond donors (Lipinski definition) is 0. The van der Waals surface area contributed by atoms with Gasteiger partial charge in [0.15, 0.2) is 0 Å². The molecule has 1 heterocycles. The summed E-state index contributed by atoms with van der Waals surface area (Å²) < 4.78 is 2.37. The van der Waals surface area contributed by atoms with Crippen LogP contribution in [-0.2, 0) is 0 Å². The quantitative estimate of drug-likeness (QED) is 0.533. The van der Waals surface area contributed by atoms with E-state index in [1.54, 1.807) is 0 Å². The molecule has 0 fully saturated rings. The number of alkyl halides is 1. The maximum Gasteiger partial charge on any atom is 0.0994 e. The second-order valence-corrected chi connectivity index (χ2v) is 7.23. The van der Waals surface area contributed by atoms with Crippen LogP contribution >= 0.6 is 62.1 Å². The minimum Gasteiger partial charge on any atom is -0.113 e. The molecule has 0 aliphatic carbocycles. The zero-order chi connectivity index (χ0) is 12.6. The van der Waals surface area contributed by atoms with E-state index >= 15 is 0 Å². The van der Waals surface area contributed by atoms with Gasteiger partial charge in [-0.05, 0) is 30.2 Å². The van der Waals surface area contributed by atoms with Crippen LogP contribution in [0.4, 0.5) is 0 Å². The highest BCUT2D eigenvalue weighted by atomic mass is 79.9. The fourth-order valence-electron chi connectivity index (χ4n) is 1.53. The molecule has 2 aromatic rings. The van der Waals surface area contributed by atoms with Crippen molar-refractivity contribution in [3.05, 3.63) is 54.1 Å². The van der Waals surface area contributed by atoms with Gasteiger partial charge < -0.3 is 0 Å². The number of hydrogen-bond acceptors (Lipinski definition) is 1. The molecule has 0 radical (unpaired) electrons. The smallest absolute Gasteiger partial charge is 0.0994 e. The first kappa shape index (κ1) is 13.7. The van der Waals surface area contributed by atoms with Crippen molar-refractivity contribution >= 4 is 62.1 Å². The van der Waals surface area contributed by atoms with Gasteiger partial charge in [0.1, 0.15) is 0 Å². The molecule has 0 aliphatic heterocycles. The molecule has 0 saturated carbocycles. The van der Waals surface area contributed by atoms with Crippen LogP contribution in [0.5, 0.6) is 0 Å². The van der Waals surface area contributed by atoms with E-state index < -0.39 is 0 Å². The number of aryl methyl sites for hydroxylation is 1. The lowest BCUT2D eigenvalue weighted by Gasteiger charge is -2.10. The van der Waals surface area contributed by atoms with Crippen LogP contribution in [0.2, 0.25) is 8.67 Å². The van der Waals surface area contributed by atoms with Gasteiger partial charge in [-0.1, -0.05) is 51.3 Å². The molecular formula is C12H8BrCl3S. The SMILES string of the molecule is Cc1cc(C(Cl)c2cc(Cl)sc2Cl)ccc1Br. The topological polar surface area (TPSA) is 0 Å². The van der Waals surface area contributed by atoms with Crippen molar-refractivity contribution in [2.45, 2.75) is 12.3 Å². The molecule has 0 N–H and O–H groups in total. The lowest BCUT2D eigenvalue weighted by Crippen LogP contribution is -1.93. The standard InChI is InChI=1S/C12H8BrCl3S/c1-6-4-7(2-3-9(6)13)11(15)8-5-10(14)17-12(8)16/h2-5,11H,1H3. The molecule has 0 saturated heterocycles. The van der Waals surface area contributed by atoms with Crippen molar-refractivity contribution in [3.8, 4) is 0 Å². The summed E-state index contributed by atoms with van der Waals surface area (Å²) in [5.41, 5.74) is 3.03. The largest absolute Gasteiger partial charge is 0.113 e. The van der Waals surface area contributed by atoms with Gasteiger partial charge in [0.2, 0.25) is 0 Å². The minimum atomic E-state index is -0.266. The Morgan fingerprint density at radius 2 is 1.94 bits per heavy atom. The van der Waals surface area contributed by atoms with Crippen LogP contribution < -0.4 is 0 Å². The van der Waals surface area contributed by atoms with E-state index in [9.17, 15) is 0 Å². The third kappa shape index (κ3) is 2.99. The molecule has 1 aromatic heterocycles. The number of thiophene rings is 1. The summed E-state index contributed by atoms with van der Waals surface area (Å²) in [4.78, 5) is 0. The molecule has 0 nitrogen and oxygen atoms in total. The van der Waals surface area contributed by atoms with Crippen LogP contribution in [0.3, 0.4) is 0 Å². The Labute approximate surface area is 128 Å². The predicted octanol–water partition coefficient (Wildman–Crippen LogP) is 6.45. The zero-order valence-corrected chi connectivity index (χ0v) is 13.5. The highest BCUT2D eigenvalue weighted by Crippen LogP contribution is 2.41. The van der Waals surface area contributed by atoms with Crippen LogP contribution in [0, 0.1) is 6.92 Å². The average Bonchev–Trinajstić information content (AvgIpc) is 2.61. The van der Waals surface area contributed by atoms with Gasteiger partial charge in [-0.15, -0.1) is 22.9 Å². The average molecular weight is 371 g/mol. The van der Waals surface area contributed by atoms with Crippen molar-refractivity contribution in [3.63, 3.8) is 0 Å². The zero-order valence-electron chi connectivity index (χ0n) is 8.81. The molecule has 5 heteroatoms. The Morgan fingerprint density at radius 1 is 1.24 bits per heavy atom. The summed E-state index contributed by atoms with van der Waals surface area (Å²) >= 11 is 23.2. The first-order valence-corrected chi connectivity index (χ1v) is 7.64. The van der Waals surface area contributed by atoms with Gasteiger partial charge >= 0.3 is 0 Å². The van der Waals surface area contributed by atoms with E-state index in [2.05, 4.69) is 15.9 Å². The molecule has 0 bridgehead atoms. The van der Waals surface area contributed by atoms with Gasteiger partial charge in [-0.3, -0.25) is 0 Å². The Balaban J connectivity index is 2.40. The van der Waals surface area contributed by atoms with Crippen LogP contribution in [-0.4, -0.2) is 0 Å². The van der Waals surface area contributed by atoms with E-state index in [4.69, 9.17) is 34.8 Å². The summed E-state index contributed by atoms with van der Waals surface area (Å²) in [6, 6.07) is 7.84. The fourth-order valence-corrected chi connectivity index (χ4v) is 3.74. The summed E-state index contributed by atoms with van der Waals surface area (Å²) in [5.74, 6) is 0. The number of rotatable bonds is 2. The van der Waals surface area contributed by atoms with E-state index in [1.807, 2.05) is 31.2 Å². The summed E-state index contributed by atoms with van der Waals surface area (Å²) in [6.07, 6.45) is 0. The first-order chi connectivity index (χ1) is 7.99. The molecule has 0 amide bonds. The highest BCUT2D eigenvalue weighted by molar-refractivity contribution is 9.10. The molecule has 0 aliphatic rings. The van der Waals surface area contributed by atoms with Crippen LogP contribution in [0.25, 0.3) is 0 Å². The molecule has 1 aromatic carbocycles. The van der Waals surface area contributed by atoms with E-state index in [0.717, 1.165) is 21.2 Å². The molecule has 1 atom stereocenters. The molecule has 0 spiro atoms. The van der Waals surface area contributed by atoms with E-state index in [1.165, 1.54) is 11.3 Å². The summed E-state index contributed by atoms with van der Waals surface area (Å²) in [7, 11) is 0. The van der Waals surface area contributed by atoms with Gasteiger partial charge in [-0.25, -0.2) is 0 Å². The lowest BCUT2D eigenvalue weighted by atomic mass is 10.1. The van der Waals surface area contributed by atoms with Crippen molar-refractivity contribution < 1.29 is 0 Å². The van der Waals surface area contributed by atoms with Crippen molar-refractivity contribution in [1.82, 2.24) is 0 Å². The van der Waals surface area contributed by atoms with E-state index in [0.29, 0.717) is 8.67 Å². The van der Waals surface area contributed by atoms with E-state index in [-0.39, 0.29) is 5.38 Å². The Kier molecular flexibility index (Phi) is 4.43. The molecular weight excluding hydrogens is 362 g/mol. The molecule has 1 unspecified atom stereocenters. The maximum absolute atomic E-state index is 6.42. The molecule has 17 heavy (non-hydrogen) atoms. The van der Waals surface area contributed by atoms with Gasteiger partial charge in [0.05, 0.1) is 14.0 Å². The normalized spacial score (nSPS) is 12.8. The van der Waals surface area contributed by atoms with Gasteiger partial charge in [0.25, 0.3) is 0 Å². The Hall–Kier alpha value is 0.270. The van der Waals surface area contributed by atoms with Crippen molar-refractivity contribution in [1.29, 1.82) is 0 Å². The van der Waals surface area contributed by atoms with Crippen molar-refractivity contribution in [2.24, 2.45) is 0 Å². The number of benzene rings is 1. The third-order valence-corrected chi connectivity index (χ3v) is 5.33. The van der Waals surface area contributed by atoms with Crippen molar-refractivity contribution in [2.75, 3.05) is 0 Å². The first-order valence-electron chi connectivity index (χ1n) is 4.84. The highest BCUT2D eigenvalue weighted by Gasteiger charge is 2.17. The summed E-state index contributed by atoms with van der Waals surface area (Å²) in [5, 5.41) is -0.266. The monoisotopic (exact) mass is 368 g/mol. The summed E-state index contributed by atoms with van der Waals surface area (Å²) in [6.45, 7) is 2.03. The molecule has 2 rings (SSSR count). The Bertz CT molecular complexity index is 551. The predicted molar refractivity (Wildman–Crippen MR) is 80.9 cm³/mol. The second kappa shape index (κ2) is 5.50. The third-order valence-electron chi connectivity index (χ3n) is 2.43. The van der Waals surface area contributed by atoms with Gasteiger partial charge in [0, 0.05) is 10.0 Å². The number of halogens is 4. The fraction of sp³-hybridized carbons (Fsp3) is 0.167.